The minimum atomic E-state index is -0.724. The number of carboxylic acid groups (broad SMARTS) is 1. The summed E-state index contributed by atoms with van der Waals surface area (Å²) in [7, 11) is 0. The number of aryl methyl sites for hydroxylation is 2. The summed E-state index contributed by atoms with van der Waals surface area (Å²) in [6.07, 6.45) is 3.43. The Morgan fingerprint density at radius 3 is 2.59 bits per heavy atom. The van der Waals surface area contributed by atoms with Crippen molar-refractivity contribution in [2.24, 2.45) is 0 Å². The Morgan fingerprint density at radius 1 is 1.12 bits per heavy atom. The molecule has 3 aromatic rings. The van der Waals surface area contributed by atoms with Crippen LogP contribution in [0.1, 0.15) is 41.8 Å². The predicted octanol–water partition coefficient (Wildman–Crippen LogP) is 5.02. The van der Waals surface area contributed by atoms with E-state index >= 15 is 0 Å². The van der Waals surface area contributed by atoms with Crippen LogP contribution in [0, 0.1) is 13.8 Å². The molecular formula is C26H30N2O4. The third kappa shape index (κ3) is 5.37. The first-order valence-electron chi connectivity index (χ1n) is 11.2. The van der Waals surface area contributed by atoms with Gasteiger partial charge in [0.2, 0.25) is 5.89 Å². The van der Waals surface area contributed by atoms with Crippen LogP contribution in [0.3, 0.4) is 0 Å². The third-order valence-electron chi connectivity index (χ3n) is 6.01. The van der Waals surface area contributed by atoms with Crippen molar-refractivity contribution in [2.45, 2.75) is 52.1 Å². The van der Waals surface area contributed by atoms with E-state index in [0.29, 0.717) is 25.5 Å². The zero-order valence-electron chi connectivity index (χ0n) is 18.7. The van der Waals surface area contributed by atoms with E-state index in [1.165, 1.54) is 5.56 Å². The second kappa shape index (κ2) is 10.0. The second-order valence-electron chi connectivity index (χ2n) is 8.45. The van der Waals surface area contributed by atoms with E-state index in [0.717, 1.165) is 54.1 Å². The quantitative estimate of drug-likeness (QED) is 0.537. The molecule has 32 heavy (non-hydrogen) atoms. The molecule has 0 bridgehead atoms. The highest BCUT2D eigenvalue weighted by Gasteiger charge is 2.28. The lowest BCUT2D eigenvalue weighted by molar-refractivity contribution is -0.144. The average Bonchev–Trinajstić information content (AvgIpc) is 3.16. The standard InChI is InChI=1S/C26H30N2O4/c1-18-6-10-21(11-7-18)25-27-23(19(2)32-25)14-16-31-22-12-8-20(9-13-22)17-28-15-4-3-5-24(28)26(29)30/h6-13,24H,3-5,14-17H2,1-2H3,(H,29,30)/t24-/m1/s1. The van der Waals surface area contributed by atoms with Crippen LogP contribution in [0.4, 0.5) is 0 Å². The van der Waals surface area contributed by atoms with Crippen molar-refractivity contribution in [1.29, 1.82) is 0 Å². The summed E-state index contributed by atoms with van der Waals surface area (Å²) in [5, 5.41) is 9.45. The largest absolute Gasteiger partial charge is 0.493 e. The van der Waals surface area contributed by atoms with Crippen LogP contribution in [0.15, 0.2) is 52.9 Å². The van der Waals surface area contributed by atoms with Gasteiger partial charge in [0.15, 0.2) is 0 Å². The number of likely N-dealkylation sites (tertiary alicyclic amines) is 1. The highest BCUT2D eigenvalue weighted by molar-refractivity contribution is 5.73. The van der Waals surface area contributed by atoms with Gasteiger partial charge in [0.1, 0.15) is 17.6 Å². The lowest BCUT2D eigenvalue weighted by Gasteiger charge is -2.32. The first-order chi connectivity index (χ1) is 15.5. The fourth-order valence-corrected chi connectivity index (χ4v) is 4.13. The summed E-state index contributed by atoms with van der Waals surface area (Å²) in [4.78, 5) is 18.2. The molecule has 0 radical (unpaired) electrons. The number of piperidine rings is 1. The zero-order chi connectivity index (χ0) is 22.5. The second-order valence-corrected chi connectivity index (χ2v) is 8.45. The minimum absolute atomic E-state index is 0.379. The fourth-order valence-electron chi connectivity index (χ4n) is 4.13. The molecule has 6 nitrogen and oxygen atoms in total. The zero-order valence-corrected chi connectivity index (χ0v) is 18.7. The van der Waals surface area contributed by atoms with E-state index in [4.69, 9.17) is 9.15 Å². The van der Waals surface area contributed by atoms with Crippen molar-refractivity contribution < 1.29 is 19.1 Å². The van der Waals surface area contributed by atoms with Gasteiger partial charge in [-0.3, -0.25) is 9.69 Å². The van der Waals surface area contributed by atoms with Crippen LogP contribution < -0.4 is 4.74 Å². The molecule has 0 saturated carbocycles. The van der Waals surface area contributed by atoms with Crippen LogP contribution in [0.25, 0.3) is 11.5 Å². The van der Waals surface area contributed by atoms with Gasteiger partial charge in [0, 0.05) is 18.5 Å². The van der Waals surface area contributed by atoms with Crippen molar-refractivity contribution in [3.05, 3.63) is 71.1 Å². The van der Waals surface area contributed by atoms with Crippen LogP contribution in [-0.4, -0.2) is 40.2 Å². The number of carbonyl (C=O) groups is 1. The molecule has 4 rings (SSSR count). The molecule has 1 aliphatic rings. The summed E-state index contributed by atoms with van der Waals surface area (Å²) in [5.74, 6) is 1.52. The Balaban J connectivity index is 1.30. The van der Waals surface area contributed by atoms with Gasteiger partial charge in [-0.05, 0) is 63.1 Å². The van der Waals surface area contributed by atoms with E-state index in [9.17, 15) is 9.90 Å². The first kappa shape index (κ1) is 22.1. The van der Waals surface area contributed by atoms with Gasteiger partial charge in [-0.25, -0.2) is 4.98 Å². The van der Waals surface area contributed by atoms with Gasteiger partial charge in [0.05, 0.1) is 12.3 Å². The number of oxazole rings is 1. The maximum Gasteiger partial charge on any atom is 0.320 e. The molecule has 2 heterocycles. The number of hydrogen-bond acceptors (Lipinski definition) is 5. The number of aromatic nitrogens is 1. The number of nitrogens with zero attached hydrogens (tertiary/aromatic N) is 2. The van der Waals surface area contributed by atoms with Crippen LogP contribution >= 0.6 is 0 Å². The molecule has 0 spiro atoms. The summed E-state index contributed by atoms with van der Waals surface area (Å²) in [6, 6.07) is 15.7. The summed E-state index contributed by atoms with van der Waals surface area (Å²) in [5.41, 5.74) is 4.18. The molecular weight excluding hydrogens is 404 g/mol. The predicted molar refractivity (Wildman–Crippen MR) is 123 cm³/mol. The molecule has 1 N–H and O–H groups in total. The topological polar surface area (TPSA) is 75.8 Å². The normalized spacial score (nSPS) is 16.8. The minimum Gasteiger partial charge on any atom is -0.493 e. The van der Waals surface area contributed by atoms with E-state index in [1.54, 1.807) is 0 Å². The highest BCUT2D eigenvalue weighted by Crippen LogP contribution is 2.23. The molecule has 1 fully saturated rings. The Labute approximate surface area is 188 Å². The number of ether oxygens (including phenoxy) is 1. The molecule has 0 amide bonds. The molecule has 1 saturated heterocycles. The number of carboxylic acids is 1. The first-order valence-corrected chi connectivity index (χ1v) is 11.2. The van der Waals surface area contributed by atoms with Gasteiger partial charge in [-0.2, -0.15) is 0 Å². The van der Waals surface area contributed by atoms with E-state index < -0.39 is 5.97 Å². The van der Waals surface area contributed by atoms with Crippen molar-refractivity contribution >= 4 is 5.97 Å². The van der Waals surface area contributed by atoms with Crippen molar-refractivity contribution in [3.8, 4) is 17.2 Å². The Morgan fingerprint density at radius 2 is 1.88 bits per heavy atom. The maximum atomic E-state index is 11.5. The lowest BCUT2D eigenvalue weighted by Crippen LogP contribution is -2.43. The van der Waals surface area contributed by atoms with E-state index in [-0.39, 0.29) is 6.04 Å². The highest BCUT2D eigenvalue weighted by atomic mass is 16.5. The summed E-state index contributed by atoms with van der Waals surface area (Å²) >= 11 is 0. The number of benzene rings is 2. The number of aliphatic carboxylic acids is 1. The van der Waals surface area contributed by atoms with Crippen molar-refractivity contribution in [3.63, 3.8) is 0 Å². The molecule has 2 aromatic carbocycles. The average molecular weight is 435 g/mol. The van der Waals surface area contributed by atoms with Gasteiger partial charge in [0.25, 0.3) is 0 Å². The Hall–Kier alpha value is -3.12. The smallest absolute Gasteiger partial charge is 0.320 e. The molecule has 1 aromatic heterocycles. The van der Waals surface area contributed by atoms with Gasteiger partial charge < -0.3 is 14.3 Å². The molecule has 6 heteroatoms. The van der Waals surface area contributed by atoms with Gasteiger partial charge in [-0.15, -0.1) is 0 Å². The molecule has 0 unspecified atom stereocenters. The Bertz CT molecular complexity index is 1040. The van der Waals surface area contributed by atoms with Crippen LogP contribution in [-0.2, 0) is 17.8 Å². The maximum absolute atomic E-state index is 11.5. The van der Waals surface area contributed by atoms with E-state index in [1.807, 2.05) is 43.3 Å². The van der Waals surface area contributed by atoms with Gasteiger partial charge >= 0.3 is 5.97 Å². The number of hydrogen-bond donors (Lipinski definition) is 1. The molecule has 1 aliphatic heterocycles. The van der Waals surface area contributed by atoms with Gasteiger partial charge in [-0.1, -0.05) is 36.2 Å². The monoisotopic (exact) mass is 434 g/mol. The third-order valence-corrected chi connectivity index (χ3v) is 6.01. The molecule has 0 aliphatic carbocycles. The molecule has 1 atom stereocenters. The number of rotatable bonds is 8. The van der Waals surface area contributed by atoms with Crippen LogP contribution in [0.2, 0.25) is 0 Å². The Kier molecular flexibility index (Phi) is 6.90. The fraction of sp³-hybridized carbons (Fsp3) is 0.385. The lowest BCUT2D eigenvalue weighted by atomic mass is 10.0. The SMILES string of the molecule is Cc1ccc(-c2nc(CCOc3ccc(CN4CCCC[C@@H]4C(=O)O)cc3)c(C)o2)cc1. The summed E-state index contributed by atoms with van der Waals surface area (Å²) in [6.45, 7) is 5.97. The van der Waals surface area contributed by atoms with E-state index in [2.05, 4.69) is 28.9 Å². The van der Waals surface area contributed by atoms with Crippen molar-refractivity contribution in [1.82, 2.24) is 9.88 Å². The summed E-state index contributed by atoms with van der Waals surface area (Å²) < 4.78 is 11.8. The molecule has 168 valence electrons. The van der Waals surface area contributed by atoms with Crippen LogP contribution in [0.5, 0.6) is 5.75 Å². The van der Waals surface area contributed by atoms with Crippen molar-refractivity contribution in [2.75, 3.05) is 13.2 Å².